The second-order valence-electron chi connectivity index (χ2n) is 4.01. The Bertz CT molecular complexity index is 512. The first-order valence-electron chi connectivity index (χ1n) is 5.30. The van der Waals surface area contributed by atoms with Crippen LogP contribution < -0.4 is 14.8 Å². The van der Waals surface area contributed by atoms with Crippen LogP contribution in [0.4, 0.5) is 11.5 Å². The molecule has 1 aliphatic carbocycles. The maximum Gasteiger partial charge on any atom is 0.229 e. The van der Waals surface area contributed by atoms with Crippen molar-refractivity contribution in [2.24, 2.45) is 0 Å². The van der Waals surface area contributed by atoms with E-state index in [-0.39, 0.29) is 6.10 Å². The van der Waals surface area contributed by atoms with Crippen molar-refractivity contribution in [3.05, 3.63) is 12.3 Å². The fraction of sp³-hybridized carbons (Fsp3) is 0.500. The van der Waals surface area contributed by atoms with Crippen molar-refractivity contribution in [1.82, 2.24) is 4.98 Å². The number of aromatic nitrogens is 1. The second-order valence-corrected chi connectivity index (χ2v) is 5.76. The van der Waals surface area contributed by atoms with E-state index >= 15 is 0 Å². The summed E-state index contributed by atoms with van der Waals surface area (Å²) >= 11 is 0. The minimum atomic E-state index is -3.29. The lowest BCUT2D eigenvalue weighted by atomic mass is 10.4. The van der Waals surface area contributed by atoms with Gasteiger partial charge in [-0.05, 0) is 12.8 Å². The van der Waals surface area contributed by atoms with Crippen molar-refractivity contribution in [2.75, 3.05) is 23.3 Å². The molecule has 94 valence electrons. The van der Waals surface area contributed by atoms with E-state index < -0.39 is 10.0 Å². The topological polar surface area (TPSA) is 80.3 Å². The third kappa shape index (κ3) is 3.48. The first-order chi connectivity index (χ1) is 7.98. The molecule has 0 radical (unpaired) electrons. The monoisotopic (exact) mass is 257 g/mol. The molecular formula is C10H15N3O3S. The van der Waals surface area contributed by atoms with Gasteiger partial charge >= 0.3 is 0 Å². The van der Waals surface area contributed by atoms with Crippen molar-refractivity contribution >= 4 is 21.5 Å². The molecule has 2 N–H and O–H groups in total. The highest BCUT2D eigenvalue weighted by Crippen LogP contribution is 2.32. The minimum Gasteiger partial charge on any atom is -0.486 e. The summed E-state index contributed by atoms with van der Waals surface area (Å²) in [5.74, 6) is 1.18. The lowest BCUT2D eigenvalue weighted by molar-refractivity contribution is 0.304. The molecule has 1 aromatic rings. The van der Waals surface area contributed by atoms with Gasteiger partial charge in [-0.15, -0.1) is 0 Å². The van der Waals surface area contributed by atoms with E-state index in [1.54, 1.807) is 13.1 Å². The highest BCUT2D eigenvalue weighted by atomic mass is 32.2. The first-order valence-corrected chi connectivity index (χ1v) is 7.19. The molecule has 0 aromatic carbocycles. The van der Waals surface area contributed by atoms with Crippen LogP contribution in [0.1, 0.15) is 12.8 Å². The second kappa shape index (κ2) is 4.40. The molecule has 1 aliphatic rings. The summed E-state index contributed by atoms with van der Waals surface area (Å²) in [4.78, 5) is 4.10. The molecule has 1 aromatic heterocycles. The van der Waals surface area contributed by atoms with Crippen molar-refractivity contribution in [3.8, 4) is 5.75 Å². The van der Waals surface area contributed by atoms with Gasteiger partial charge in [0.05, 0.1) is 24.2 Å². The number of hydrogen-bond acceptors (Lipinski definition) is 5. The average molecular weight is 257 g/mol. The van der Waals surface area contributed by atoms with E-state index in [0.29, 0.717) is 17.3 Å². The molecule has 0 bridgehead atoms. The van der Waals surface area contributed by atoms with E-state index in [0.717, 1.165) is 19.1 Å². The Labute approximate surface area is 100 Å². The Kier molecular flexibility index (Phi) is 3.10. The highest BCUT2D eigenvalue weighted by molar-refractivity contribution is 7.92. The van der Waals surface area contributed by atoms with Crippen LogP contribution in [0.5, 0.6) is 5.75 Å². The number of ether oxygens (including phenoxy) is 1. The summed E-state index contributed by atoms with van der Waals surface area (Å²) in [5, 5.41) is 2.91. The number of pyridine rings is 1. The van der Waals surface area contributed by atoms with Gasteiger partial charge in [0.25, 0.3) is 0 Å². The molecule has 6 nitrogen and oxygen atoms in total. The number of nitrogens with zero attached hydrogens (tertiary/aromatic N) is 1. The van der Waals surface area contributed by atoms with E-state index in [2.05, 4.69) is 15.0 Å². The maximum absolute atomic E-state index is 11.1. The largest absolute Gasteiger partial charge is 0.486 e. The molecule has 0 spiro atoms. The van der Waals surface area contributed by atoms with Gasteiger partial charge in [0.2, 0.25) is 10.0 Å². The van der Waals surface area contributed by atoms with E-state index in [4.69, 9.17) is 4.74 Å². The van der Waals surface area contributed by atoms with Crippen LogP contribution in [-0.2, 0) is 10.0 Å². The van der Waals surface area contributed by atoms with E-state index in [1.807, 2.05) is 0 Å². The Morgan fingerprint density at radius 3 is 2.71 bits per heavy atom. The lowest BCUT2D eigenvalue weighted by Crippen LogP contribution is -2.11. The van der Waals surface area contributed by atoms with Crippen LogP contribution in [-0.4, -0.2) is 32.8 Å². The molecule has 7 heteroatoms. The van der Waals surface area contributed by atoms with Gasteiger partial charge in [0, 0.05) is 13.1 Å². The predicted molar refractivity (Wildman–Crippen MR) is 65.9 cm³/mol. The third-order valence-electron chi connectivity index (χ3n) is 2.21. The summed E-state index contributed by atoms with van der Waals surface area (Å²) in [6.45, 7) is 0. The van der Waals surface area contributed by atoms with Crippen LogP contribution in [0.25, 0.3) is 0 Å². The predicted octanol–water partition coefficient (Wildman–Crippen LogP) is 1.04. The zero-order valence-electron chi connectivity index (χ0n) is 9.73. The van der Waals surface area contributed by atoms with Crippen molar-refractivity contribution in [3.63, 3.8) is 0 Å². The van der Waals surface area contributed by atoms with E-state index in [9.17, 15) is 8.42 Å². The number of anilines is 2. The maximum atomic E-state index is 11.1. The van der Waals surface area contributed by atoms with Crippen LogP contribution >= 0.6 is 0 Å². The number of nitrogens with one attached hydrogen (secondary N) is 2. The van der Waals surface area contributed by atoms with E-state index in [1.165, 1.54) is 6.20 Å². The summed E-state index contributed by atoms with van der Waals surface area (Å²) in [5.41, 5.74) is 0.405. The Morgan fingerprint density at radius 2 is 2.18 bits per heavy atom. The molecule has 0 saturated heterocycles. The van der Waals surface area contributed by atoms with Crippen molar-refractivity contribution in [2.45, 2.75) is 18.9 Å². The smallest absolute Gasteiger partial charge is 0.229 e. The summed E-state index contributed by atoms with van der Waals surface area (Å²) in [7, 11) is -1.55. The van der Waals surface area contributed by atoms with Crippen LogP contribution in [0.15, 0.2) is 12.3 Å². The number of rotatable bonds is 5. The average Bonchev–Trinajstić information content (AvgIpc) is 3.00. The molecule has 1 fully saturated rings. The summed E-state index contributed by atoms with van der Waals surface area (Å²) in [6.07, 6.45) is 4.85. The third-order valence-corrected chi connectivity index (χ3v) is 2.82. The molecule has 1 heterocycles. The van der Waals surface area contributed by atoms with Gasteiger partial charge in [-0.1, -0.05) is 0 Å². The van der Waals surface area contributed by atoms with Crippen molar-refractivity contribution in [1.29, 1.82) is 0 Å². The summed E-state index contributed by atoms with van der Waals surface area (Å²) in [6, 6.07) is 1.64. The number of hydrogen-bond donors (Lipinski definition) is 2. The van der Waals surface area contributed by atoms with Crippen molar-refractivity contribution < 1.29 is 13.2 Å². The Hall–Kier alpha value is -1.50. The molecule has 0 atom stereocenters. The lowest BCUT2D eigenvalue weighted by Gasteiger charge is -2.11. The van der Waals surface area contributed by atoms with Gasteiger partial charge in [-0.25, -0.2) is 13.4 Å². The Balaban J connectivity index is 2.23. The van der Waals surface area contributed by atoms with Crippen LogP contribution in [0.2, 0.25) is 0 Å². The van der Waals surface area contributed by atoms with Crippen LogP contribution in [0.3, 0.4) is 0 Å². The fourth-order valence-corrected chi connectivity index (χ4v) is 1.90. The Morgan fingerprint density at radius 1 is 1.47 bits per heavy atom. The van der Waals surface area contributed by atoms with Gasteiger partial charge in [-0.2, -0.15) is 0 Å². The van der Waals surface area contributed by atoms with Gasteiger partial charge < -0.3 is 10.1 Å². The molecular weight excluding hydrogens is 242 g/mol. The molecule has 2 rings (SSSR count). The SMILES string of the molecule is CNc1ncc(NS(C)(=O)=O)cc1OC1CC1. The normalized spacial score (nSPS) is 15.4. The standard InChI is InChI=1S/C10H15N3O3S/c1-11-10-9(16-8-3-4-8)5-7(6-12-10)13-17(2,14)15/h5-6,8,13H,3-4H2,1-2H3,(H,11,12). The summed E-state index contributed by atoms with van der Waals surface area (Å²) < 4.78 is 30.2. The van der Waals surface area contributed by atoms with Gasteiger partial charge in [0.1, 0.15) is 0 Å². The van der Waals surface area contributed by atoms with Gasteiger partial charge in [0.15, 0.2) is 11.6 Å². The first kappa shape index (κ1) is 12.0. The molecule has 0 amide bonds. The minimum absolute atomic E-state index is 0.234. The molecule has 0 aliphatic heterocycles. The molecule has 0 unspecified atom stereocenters. The zero-order valence-corrected chi connectivity index (χ0v) is 10.5. The highest BCUT2D eigenvalue weighted by Gasteiger charge is 2.25. The van der Waals surface area contributed by atoms with Crippen LogP contribution in [0, 0.1) is 0 Å². The fourth-order valence-electron chi connectivity index (χ4n) is 1.36. The number of sulfonamides is 1. The zero-order chi connectivity index (χ0) is 12.5. The molecule has 1 saturated carbocycles. The molecule has 17 heavy (non-hydrogen) atoms. The van der Waals surface area contributed by atoms with Gasteiger partial charge in [-0.3, -0.25) is 4.72 Å². The quantitative estimate of drug-likeness (QED) is 0.823.